The Kier molecular flexibility index (Phi) is 22.8. The molecule has 0 spiro atoms. The van der Waals surface area contributed by atoms with Gasteiger partial charge in [0.1, 0.15) is 44.3 Å². The van der Waals surface area contributed by atoms with Crippen LogP contribution in [0.4, 0.5) is 0 Å². The van der Waals surface area contributed by atoms with Gasteiger partial charge in [-0.15, -0.1) is 11.3 Å². The Morgan fingerprint density at radius 2 is 1.18 bits per heavy atom. The molecule has 27 nitrogen and oxygen atoms in total. The first-order valence-corrected chi connectivity index (χ1v) is 23.7. The van der Waals surface area contributed by atoms with E-state index >= 15 is 0 Å². The van der Waals surface area contributed by atoms with Crippen LogP contribution in [0.3, 0.4) is 0 Å². The number of nitrogens with zero attached hydrogens (tertiary/aromatic N) is 5. The lowest BCUT2D eigenvalue weighted by molar-refractivity contribution is -0.119. The number of Topliss-reactive ketones (excluding diaryl/α,β-unsaturated/α-hetero) is 4. The Morgan fingerprint density at radius 1 is 0.672 bits per heavy atom. The first kappa shape index (κ1) is 57.4. The lowest BCUT2D eigenvalue weighted by Gasteiger charge is -2.06. The maximum atomic E-state index is 10.9. The standard InChI is InChI=1S/2C7H12N3O4P.C7H11N2O5P.C7H11N2O4PS.CH4/c1-5(11)7(8)4-10-3-6(2-9-10)15(12,13)14;1-4(11)5(8)2-6-9-3-7(10-6)15(12,13)14;1-4(10)5(8)2-6-9-3-7(14-6)15(11,12)13;1-4(10)5(8)2-6-9-3-7(15-6)14(11,12)13;/h2-3,7H,4,8H2,1H3,(H2,12,13,14);3,5H,2,8H2,1H3,(H,9,10)(H2,12,13,14);2*3,5H,2,8H2,1H3,(H2,11,12,13);1H4/t7-;3*5-;/m0000./s1. The number of oxazole rings is 1. The predicted molar refractivity (Wildman–Crippen MR) is 219 cm³/mol. The van der Waals surface area contributed by atoms with Crippen LogP contribution in [-0.2, 0) is 63.2 Å². The van der Waals surface area contributed by atoms with E-state index in [4.69, 9.17) is 66.5 Å². The van der Waals surface area contributed by atoms with Gasteiger partial charge in [-0.25, -0.2) is 15.0 Å². The normalized spacial score (nSPS) is 13.6. The molecule has 0 saturated heterocycles. The zero-order valence-electron chi connectivity index (χ0n) is 32.0. The third kappa shape index (κ3) is 21.3. The molecule has 0 radical (unpaired) electrons. The van der Waals surface area contributed by atoms with Gasteiger partial charge in [-0.3, -0.25) is 42.1 Å². The minimum absolute atomic E-state index is 0. The van der Waals surface area contributed by atoms with Crippen LogP contribution in [0.15, 0.2) is 35.4 Å². The number of thiazole rings is 1. The average Bonchev–Trinajstić information content (AvgIpc) is 3.92. The molecule has 0 aromatic carbocycles. The molecule has 0 aliphatic heterocycles. The molecule has 4 rings (SSSR count). The number of imidazole rings is 1. The first-order chi connectivity index (χ1) is 27.2. The SMILES string of the molecule is C.CC(=O)[C@@H](N)Cc1ncc(P(=O)(O)O)[nH]1.CC(=O)[C@@H](N)Cc1ncc(P(=O)(O)O)o1.CC(=O)[C@@H](N)Cc1ncc(P(=O)(O)O)s1.CC(=O)[C@@H](N)Cn1cc(P(=O)(O)O)cn1. The molecular formula is C29H50N10O17P4S. The number of hydrogen-bond donors (Lipinski definition) is 13. The largest absolute Gasteiger partial charge is 0.433 e. The molecule has 4 atom stereocenters. The number of nitrogens with two attached hydrogens (primary N) is 4. The van der Waals surface area contributed by atoms with Crippen molar-refractivity contribution in [3.05, 3.63) is 47.7 Å². The van der Waals surface area contributed by atoms with Gasteiger partial charge in [-0.05, 0) is 27.7 Å². The van der Waals surface area contributed by atoms with Crippen LogP contribution in [0.25, 0.3) is 0 Å². The summed E-state index contributed by atoms with van der Waals surface area (Å²) in [7, 11) is -17.2. The van der Waals surface area contributed by atoms with Crippen LogP contribution in [-0.4, -0.2) is 116 Å². The van der Waals surface area contributed by atoms with Crippen molar-refractivity contribution >= 4 is 85.7 Å². The number of rotatable bonds is 16. The highest BCUT2D eigenvalue weighted by Crippen LogP contribution is 2.36. The quantitative estimate of drug-likeness (QED) is 0.0480. The van der Waals surface area contributed by atoms with Gasteiger partial charge in [0.2, 0.25) is 5.50 Å². The number of carbonyl (C=O) groups excluding carboxylic acids is 4. The molecule has 4 aromatic rings. The molecule has 0 amide bonds. The predicted octanol–water partition coefficient (Wildman–Crippen LogP) is -3.75. The topological polar surface area (TPSA) is 488 Å². The molecule has 0 aliphatic rings. The summed E-state index contributed by atoms with van der Waals surface area (Å²) in [4.78, 5) is 127. The van der Waals surface area contributed by atoms with Crippen molar-refractivity contribution in [2.45, 2.75) is 85.1 Å². The summed E-state index contributed by atoms with van der Waals surface area (Å²) in [5.41, 5.74) is 21.0. The number of aromatic nitrogens is 6. The van der Waals surface area contributed by atoms with Gasteiger partial charge in [-0.2, -0.15) is 5.10 Å². The zero-order chi connectivity index (χ0) is 46.6. The van der Waals surface area contributed by atoms with Crippen molar-refractivity contribution in [1.82, 2.24) is 29.7 Å². The number of H-pyrrole nitrogens is 1. The van der Waals surface area contributed by atoms with Crippen LogP contribution >= 0.6 is 41.7 Å². The third-order valence-corrected chi connectivity index (χ3v) is 12.3. The Hall–Kier alpha value is -3.62. The fourth-order valence-corrected chi connectivity index (χ4v) is 6.73. The molecule has 0 unspecified atom stereocenters. The summed E-state index contributed by atoms with van der Waals surface area (Å²) < 4.78 is 49.1. The molecule has 32 heteroatoms. The Balaban J connectivity index is 0.000000783. The zero-order valence-corrected chi connectivity index (χ0v) is 36.4. The van der Waals surface area contributed by atoms with Crippen LogP contribution in [0.1, 0.15) is 51.8 Å². The highest BCUT2D eigenvalue weighted by molar-refractivity contribution is 7.67. The third-order valence-electron chi connectivity index (χ3n) is 7.22. The van der Waals surface area contributed by atoms with Crippen molar-refractivity contribution < 1.29 is 81.0 Å². The fourth-order valence-electron chi connectivity index (χ4n) is 3.61. The highest BCUT2D eigenvalue weighted by atomic mass is 32.1. The van der Waals surface area contributed by atoms with Crippen molar-refractivity contribution in [1.29, 1.82) is 0 Å². The van der Waals surface area contributed by atoms with E-state index in [1.54, 1.807) is 0 Å². The van der Waals surface area contributed by atoms with Gasteiger partial charge in [-0.1, -0.05) is 7.43 Å². The maximum Gasteiger partial charge on any atom is 0.392 e. The van der Waals surface area contributed by atoms with Gasteiger partial charge in [0, 0.05) is 25.5 Å². The molecule has 4 aromatic heterocycles. The van der Waals surface area contributed by atoms with Crippen LogP contribution < -0.4 is 43.8 Å². The molecule has 0 bridgehead atoms. The second-order valence-electron chi connectivity index (χ2n) is 12.5. The van der Waals surface area contributed by atoms with Crippen molar-refractivity contribution in [2.24, 2.45) is 22.9 Å². The molecule has 61 heavy (non-hydrogen) atoms. The summed E-state index contributed by atoms with van der Waals surface area (Å²) >= 11 is 0.879. The molecule has 4 heterocycles. The maximum absolute atomic E-state index is 10.9. The summed E-state index contributed by atoms with van der Waals surface area (Å²) in [6.45, 7) is 5.48. The summed E-state index contributed by atoms with van der Waals surface area (Å²) in [5.74, 6) is -0.506. The van der Waals surface area contributed by atoms with E-state index in [9.17, 15) is 37.4 Å². The number of ketones is 4. The van der Waals surface area contributed by atoms with E-state index in [0.717, 1.165) is 36.1 Å². The van der Waals surface area contributed by atoms with E-state index in [2.05, 4.69) is 25.0 Å². The first-order valence-electron chi connectivity index (χ1n) is 16.5. The van der Waals surface area contributed by atoms with E-state index in [1.807, 2.05) is 0 Å². The van der Waals surface area contributed by atoms with Crippen molar-refractivity contribution in [3.8, 4) is 0 Å². The Labute approximate surface area is 351 Å². The minimum atomic E-state index is -4.42. The van der Waals surface area contributed by atoms with E-state index in [-0.39, 0.29) is 83.4 Å². The highest BCUT2D eigenvalue weighted by Gasteiger charge is 2.25. The van der Waals surface area contributed by atoms with Crippen molar-refractivity contribution in [2.75, 3.05) is 0 Å². The van der Waals surface area contributed by atoms with Gasteiger partial charge >= 0.3 is 30.4 Å². The Morgan fingerprint density at radius 3 is 1.57 bits per heavy atom. The van der Waals surface area contributed by atoms with Crippen LogP contribution in [0, 0.1) is 0 Å². The number of carbonyl (C=O) groups is 4. The monoisotopic (exact) mass is 966 g/mol. The molecular weight excluding hydrogens is 916 g/mol. The number of nitrogens with one attached hydrogen (secondary N) is 1. The van der Waals surface area contributed by atoms with Crippen LogP contribution in [0.5, 0.6) is 0 Å². The number of hydrogen-bond acceptors (Lipinski definition) is 18. The summed E-state index contributed by atoms with van der Waals surface area (Å²) in [5, 5.41) is 3.97. The Bertz CT molecular complexity index is 1960. The molecule has 0 aliphatic carbocycles. The molecule has 17 N–H and O–H groups in total. The van der Waals surface area contributed by atoms with Gasteiger partial charge < -0.3 is 71.5 Å². The van der Waals surface area contributed by atoms with Crippen LogP contribution in [0.2, 0.25) is 0 Å². The van der Waals surface area contributed by atoms with Crippen molar-refractivity contribution in [3.63, 3.8) is 0 Å². The molecule has 344 valence electrons. The minimum Gasteiger partial charge on any atom is -0.433 e. The number of aromatic amines is 1. The molecule has 0 fully saturated rings. The second-order valence-corrected chi connectivity index (χ2v) is 20.2. The van der Waals surface area contributed by atoms with Gasteiger partial charge in [0.25, 0.3) is 0 Å². The summed E-state index contributed by atoms with van der Waals surface area (Å²) in [6, 6.07) is -2.86. The van der Waals surface area contributed by atoms with Gasteiger partial charge in [0.05, 0.1) is 60.5 Å². The summed E-state index contributed by atoms with van der Waals surface area (Å²) in [6.07, 6.45) is 5.71. The average molecular weight is 967 g/mol. The fraction of sp³-hybridized carbons (Fsp3) is 0.448. The van der Waals surface area contributed by atoms with E-state index in [1.165, 1.54) is 38.6 Å². The lowest BCUT2D eigenvalue weighted by Crippen LogP contribution is -2.33. The van der Waals surface area contributed by atoms with E-state index < -0.39 is 60.1 Å². The second kappa shape index (κ2) is 24.3. The molecule has 0 saturated carbocycles. The van der Waals surface area contributed by atoms with Gasteiger partial charge in [0.15, 0.2) is 5.89 Å². The smallest absolute Gasteiger partial charge is 0.392 e. The lowest BCUT2D eigenvalue weighted by atomic mass is 10.1. The van der Waals surface area contributed by atoms with E-state index in [0.29, 0.717) is 5.01 Å².